The van der Waals surface area contributed by atoms with Gasteiger partial charge in [-0.25, -0.2) is 9.78 Å². The average Bonchev–Trinajstić information content (AvgIpc) is 3.24. The first-order valence-electron chi connectivity index (χ1n) is 10.1. The van der Waals surface area contributed by atoms with E-state index in [1.165, 1.54) is 18.4 Å². The summed E-state index contributed by atoms with van der Waals surface area (Å²) in [6.07, 6.45) is 3.04. The fraction of sp³-hybridized carbons (Fsp3) is 0.476. The second-order valence-electron chi connectivity index (χ2n) is 7.37. The number of ether oxygens (including phenoxy) is 1. The molecular formula is C21H27N5O2. The van der Waals surface area contributed by atoms with Crippen molar-refractivity contribution in [1.29, 1.82) is 0 Å². The van der Waals surface area contributed by atoms with Crippen LogP contribution in [-0.2, 0) is 13.0 Å². The third-order valence-corrected chi connectivity index (χ3v) is 5.25. The second kappa shape index (κ2) is 8.04. The maximum absolute atomic E-state index is 12.3. The van der Waals surface area contributed by atoms with E-state index in [0.29, 0.717) is 31.9 Å². The van der Waals surface area contributed by atoms with Crippen LogP contribution in [0.3, 0.4) is 0 Å². The fourth-order valence-electron chi connectivity index (χ4n) is 3.67. The molecule has 7 heteroatoms. The lowest BCUT2D eigenvalue weighted by Crippen LogP contribution is -2.43. The summed E-state index contributed by atoms with van der Waals surface area (Å²) >= 11 is 0. The van der Waals surface area contributed by atoms with E-state index in [0.717, 1.165) is 36.0 Å². The second-order valence-corrected chi connectivity index (χ2v) is 7.37. The zero-order valence-corrected chi connectivity index (χ0v) is 16.6. The quantitative estimate of drug-likeness (QED) is 0.880. The van der Waals surface area contributed by atoms with E-state index in [9.17, 15) is 4.79 Å². The normalized spacial score (nSPS) is 16.1. The minimum atomic E-state index is -0.0574. The predicted molar refractivity (Wildman–Crippen MR) is 108 cm³/mol. The number of hydrogen-bond donors (Lipinski definition) is 1. The summed E-state index contributed by atoms with van der Waals surface area (Å²) in [5.74, 6) is 2.04. The van der Waals surface area contributed by atoms with Crippen LogP contribution < -0.4 is 15.0 Å². The topological polar surface area (TPSA) is 70.6 Å². The van der Waals surface area contributed by atoms with Crippen LogP contribution >= 0.6 is 0 Å². The SMILES string of the molecule is CCNC(=O)N1CCc2nc(N3CCCC3)nc(Oc3ccc(C)cc3)c2C1. The number of nitrogens with zero attached hydrogens (tertiary/aromatic N) is 4. The number of aromatic nitrogens is 2. The number of urea groups is 1. The van der Waals surface area contributed by atoms with Crippen molar-refractivity contribution in [3.8, 4) is 11.6 Å². The molecule has 2 amide bonds. The van der Waals surface area contributed by atoms with Gasteiger partial charge in [-0.3, -0.25) is 0 Å². The number of rotatable bonds is 4. The zero-order valence-electron chi connectivity index (χ0n) is 16.6. The molecule has 0 bridgehead atoms. The first kappa shape index (κ1) is 18.5. The van der Waals surface area contributed by atoms with Crippen molar-refractivity contribution in [2.24, 2.45) is 0 Å². The molecule has 0 radical (unpaired) electrons. The molecule has 2 aliphatic heterocycles. The first-order valence-corrected chi connectivity index (χ1v) is 10.1. The average molecular weight is 381 g/mol. The molecule has 1 N–H and O–H groups in total. The Labute approximate surface area is 165 Å². The molecule has 0 atom stereocenters. The molecule has 4 rings (SSSR count). The molecule has 148 valence electrons. The Kier molecular flexibility index (Phi) is 5.32. The van der Waals surface area contributed by atoms with Gasteiger partial charge in [0.25, 0.3) is 0 Å². The Balaban J connectivity index is 1.67. The van der Waals surface area contributed by atoms with Crippen molar-refractivity contribution in [1.82, 2.24) is 20.2 Å². The molecule has 0 spiro atoms. The number of benzene rings is 1. The van der Waals surface area contributed by atoms with Crippen LogP contribution in [0.15, 0.2) is 24.3 Å². The van der Waals surface area contributed by atoms with E-state index >= 15 is 0 Å². The van der Waals surface area contributed by atoms with Crippen LogP contribution in [0.25, 0.3) is 0 Å². The van der Waals surface area contributed by atoms with Gasteiger partial charge < -0.3 is 19.9 Å². The Bertz CT molecular complexity index is 847. The molecule has 0 aliphatic carbocycles. The maximum Gasteiger partial charge on any atom is 0.317 e. The Morgan fingerprint density at radius 1 is 1.14 bits per heavy atom. The third kappa shape index (κ3) is 3.88. The number of carbonyl (C=O) groups is 1. The summed E-state index contributed by atoms with van der Waals surface area (Å²) in [5.41, 5.74) is 3.07. The summed E-state index contributed by atoms with van der Waals surface area (Å²) in [7, 11) is 0. The predicted octanol–water partition coefficient (Wildman–Crippen LogP) is 3.27. The standard InChI is InChI=1S/C21H27N5O2/c1-3-22-21(27)26-13-10-18-17(14-26)19(28-16-8-6-15(2)7-9-16)24-20(23-18)25-11-4-5-12-25/h6-9H,3-5,10-14H2,1-2H3,(H,22,27). The smallest absolute Gasteiger partial charge is 0.317 e. The molecule has 1 aromatic heterocycles. The summed E-state index contributed by atoms with van der Waals surface area (Å²) in [6, 6.07) is 7.88. The number of nitrogens with one attached hydrogen (secondary N) is 1. The van der Waals surface area contributed by atoms with Crippen LogP contribution in [-0.4, -0.2) is 47.1 Å². The zero-order chi connectivity index (χ0) is 19.5. The summed E-state index contributed by atoms with van der Waals surface area (Å²) in [6.45, 7) is 7.65. The maximum atomic E-state index is 12.3. The van der Waals surface area contributed by atoms with E-state index in [4.69, 9.17) is 14.7 Å². The first-order chi connectivity index (χ1) is 13.6. The fourth-order valence-corrected chi connectivity index (χ4v) is 3.67. The molecule has 1 saturated heterocycles. The highest BCUT2D eigenvalue weighted by atomic mass is 16.5. The van der Waals surface area contributed by atoms with Gasteiger partial charge in [0.05, 0.1) is 17.8 Å². The van der Waals surface area contributed by atoms with Gasteiger partial charge in [-0.1, -0.05) is 17.7 Å². The van der Waals surface area contributed by atoms with Crippen molar-refractivity contribution in [2.45, 2.75) is 39.7 Å². The summed E-state index contributed by atoms with van der Waals surface area (Å²) < 4.78 is 6.18. The van der Waals surface area contributed by atoms with Gasteiger partial charge in [-0.2, -0.15) is 4.98 Å². The number of amides is 2. The number of aryl methyl sites for hydroxylation is 1. The van der Waals surface area contributed by atoms with Crippen LogP contribution in [0.5, 0.6) is 11.6 Å². The highest BCUT2D eigenvalue weighted by molar-refractivity contribution is 5.74. The van der Waals surface area contributed by atoms with Crippen molar-refractivity contribution < 1.29 is 9.53 Å². The lowest BCUT2D eigenvalue weighted by Gasteiger charge is -2.30. The molecule has 1 fully saturated rings. The van der Waals surface area contributed by atoms with Crippen LogP contribution in [0.4, 0.5) is 10.7 Å². The van der Waals surface area contributed by atoms with E-state index in [2.05, 4.69) is 10.2 Å². The Hall–Kier alpha value is -2.83. The lowest BCUT2D eigenvalue weighted by molar-refractivity contribution is 0.191. The van der Waals surface area contributed by atoms with Gasteiger partial charge in [-0.15, -0.1) is 0 Å². The molecule has 1 aromatic carbocycles. The van der Waals surface area contributed by atoms with Crippen molar-refractivity contribution in [2.75, 3.05) is 31.1 Å². The van der Waals surface area contributed by atoms with Crippen LogP contribution in [0.1, 0.15) is 36.6 Å². The van der Waals surface area contributed by atoms with Gasteiger partial charge >= 0.3 is 6.03 Å². The van der Waals surface area contributed by atoms with Gasteiger partial charge in [0.1, 0.15) is 5.75 Å². The molecule has 2 aromatic rings. The third-order valence-electron chi connectivity index (χ3n) is 5.25. The van der Waals surface area contributed by atoms with E-state index in [-0.39, 0.29) is 6.03 Å². The van der Waals surface area contributed by atoms with Crippen molar-refractivity contribution >= 4 is 12.0 Å². The molecule has 0 unspecified atom stereocenters. The minimum Gasteiger partial charge on any atom is -0.438 e. The molecule has 7 nitrogen and oxygen atoms in total. The number of anilines is 1. The highest BCUT2D eigenvalue weighted by Crippen LogP contribution is 2.32. The van der Waals surface area contributed by atoms with Crippen LogP contribution in [0, 0.1) is 6.92 Å². The Morgan fingerprint density at radius 2 is 1.89 bits per heavy atom. The largest absolute Gasteiger partial charge is 0.438 e. The lowest BCUT2D eigenvalue weighted by atomic mass is 10.1. The number of fused-ring (bicyclic) bond motifs is 1. The van der Waals surface area contributed by atoms with E-state index in [1.807, 2.05) is 38.1 Å². The van der Waals surface area contributed by atoms with Crippen molar-refractivity contribution in [3.63, 3.8) is 0 Å². The van der Waals surface area contributed by atoms with E-state index in [1.54, 1.807) is 4.90 Å². The van der Waals surface area contributed by atoms with Gasteiger partial charge in [-0.05, 0) is 38.8 Å². The number of carbonyl (C=O) groups excluding carboxylic acids is 1. The molecule has 2 aliphatic rings. The van der Waals surface area contributed by atoms with Gasteiger partial charge in [0.2, 0.25) is 11.8 Å². The highest BCUT2D eigenvalue weighted by Gasteiger charge is 2.28. The number of hydrogen-bond acceptors (Lipinski definition) is 5. The molecule has 0 saturated carbocycles. The Morgan fingerprint density at radius 3 is 2.61 bits per heavy atom. The molecular weight excluding hydrogens is 354 g/mol. The molecule has 28 heavy (non-hydrogen) atoms. The van der Waals surface area contributed by atoms with Gasteiger partial charge in [0.15, 0.2) is 0 Å². The summed E-state index contributed by atoms with van der Waals surface area (Å²) in [4.78, 5) is 25.9. The van der Waals surface area contributed by atoms with E-state index < -0.39 is 0 Å². The molecule has 3 heterocycles. The summed E-state index contributed by atoms with van der Waals surface area (Å²) in [5, 5.41) is 2.87. The van der Waals surface area contributed by atoms with Crippen LogP contribution in [0.2, 0.25) is 0 Å². The monoisotopic (exact) mass is 381 g/mol. The minimum absolute atomic E-state index is 0.0574. The van der Waals surface area contributed by atoms with Gasteiger partial charge in [0, 0.05) is 32.6 Å². The van der Waals surface area contributed by atoms with Crippen molar-refractivity contribution in [3.05, 3.63) is 41.1 Å².